The van der Waals surface area contributed by atoms with Crippen LogP contribution in [0.4, 0.5) is 13.2 Å². The van der Waals surface area contributed by atoms with Crippen LogP contribution in [0.15, 0.2) is 18.3 Å². The van der Waals surface area contributed by atoms with E-state index in [1.165, 1.54) is 4.90 Å². The molecule has 120 valence electrons. The zero-order valence-electron chi connectivity index (χ0n) is 11.3. The van der Waals surface area contributed by atoms with E-state index in [2.05, 4.69) is 4.98 Å². The standard InChI is InChI=1S/C13H13F3N2O4/c14-13(15,16)8-1-2-9(17-7-8)10(19)18-5-3-12(22,4-6-18)11(20)21/h1-2,7,22H,3-6H2,(H,20,21). The summed E-state index contributed by atoms with van der Waals surface area (Å²) in [5, 5.41) is 18.6. The van der Waals surface area contributed by atoms with E-state index in [0.29, 0.717) is 6.20 Å². The highest BCUT2D eigenvalue weighted by molar-refractivity contribution is 5.92. The summed E-state index contributed by atoms with van der Waals surface area (Å²) >= 11 is 0. The maximum Gasteiger partial charge on any atom is 0.417 e. The number of piperidine rings is 1. The number of hydrogen-bond acceptors (Lipinski definition) is 4. The molecule has 0 aliphatic carbocycles. The number of aliphatic hydroxyl groups is 1. The number of carboxylic acid groups (broad SMARTS) is 1. The molecule has 1 fully saturated rings. The minimum absolute atomic E-state index is 0.00959. The minimum Gasteiger partial charge on any atom is -0.479 e. The van der Waals surface area contributed by atoms with Crippen LogP contribution in [0, 0.1) is 0 Å². The molecule has 9 heteroatoms. The third-order valence-corrected chi connectivity index (χ3v) is 3.59. The van der Waals surface area contributed by atoms with Crippen molar-refractivity contribution in [1.29, 1.82) is 0 Å². The van der Waals surface area contributed by atoms with Gasteiger partial charge in [-0.2, -0.15) is 13.2 Å². The van der Waals surface area contributed by atoms with Crippen molar-refractivity contribution in [3.63, 3.8) is 0 Å². The van der Waals surface area contributed by atoms with E-state index < -0.39 is 29.2 Å². The summed E-state index contributed by atoms with van der Waals surface area (Å²) in [4.78, 5) is 27.7. The van der Waals surface area contributed by atoms with Crippen LogP contribution >= 0.6 is 0 Å². The van der Waals surface area contributed by atoms with Crippen LogP contribution in [0.25, 0.3) is 0 Å². The first-order chi connectivity index (χ1) is 10.1. The molecule has 0 unspecified atom stereocenters. The van der Waals surface area contributed by atoms with Gasteiger partial charge in [-0.1, -0.05) is 0 Å². The van der Waals surface area contributed by atoms with Gasteiger partial charge >= 0.3 is 12.1 Å². The third kappa shape index (κ3) is 3.19. The van der Waals surface area contributed by atoms with Gasteiger partial charge in [-0.25, -0.2) is 4.79 Å². The highest BCUT2D eigenvalue weighted by Gasteiger charge is 2.40. The Morgan fingerprint density at radius 1 is 1.23 bits per heavy atom. The van der Waals surface area contributed by atoms with Crippen molar-refractivity contribution in [3.05, 3.63) is 29.6 Å². The number of carboxylic acids is 1. The molecule has 0 atom stereocenters. The van der Waals surface area contributed by atoms with Crippen LogP contribution in [0.5, 0.6) is 0 Å². The molecule has 2 rings (SSSR count). The predicted molar refractivity (Wildman–Crippen MR) is 67.0 cm³/mol. The fourth-order valence-electron chi connectivity index (χ4n) is 2.14. The van der Waals surface area contributed by atoms with Gasteiger partial charge in [-0.15, -0.1) is 0 Å². The molecular weight excluding hydrogens is 305 g/mol. The van der Waals surface area contributed by atoms with Crippen LogP contribution < -0.4 is 0 Å². The lowest BCUT2D eigenvalue weighted by molar-refractivity contribution is -0.162. The van der Waals surface area contributed by atoms with E-state index in [-0.39, 0.29) is 31.6 Å². The number of rotatable bonds is 2. The van der Waals surface area contributed by atoms with Gasteiger partial charge in [-0.05, 0) is 12.1 Å². The minimum atomic E-state index is -4.53. The molecule has 0 aromatic carbocycles. The Balaban J connectivity index is 2.06. The van der Waals surface area contributed by atoms with Gasteiger partial charge in [0.1, 0.15) is 5.69 Å². The van der Waals surface area contributed by atoms with Crippen molar-refractivity contribution < 1.29 is 33.0 Å². The number of likely N-dealkylation sites (tertiary alicyclic amines) is 1. The summed E-state index contributed by atoms with van der Waals surface area (Å²) in [5.74, 6) is -1.95. The van der Waals surface area contributed by atoms with E-state index in [0.717, 1.165) is 12.1 Å². The molecule has 0 spiro atoms. The summed E-state index contributed by atoms with van der Waals surface area (Å²) in [5.41, 5.74) is -2.98. The molecule has 2 heterocycles. The van der Waals surface area contributed by atoms with Gasteiger partial charge in [0.25, 0.3) is 5.91 Å². The van der Waals surface area contributed by atoms with E-state index in [9.17, 15) is 27.9 Å². The number of alkyl halides is 3. The molecule has 0 radical (unpaired) electrons. The monoisotopic (exact) mass is 318 g/mol. The molecule has 0 saturated carbocycles. The van der Waals surface area contributed by atoms with Crippen LogP contribution in [-0.4, -0.2) is 50.7 Å². The van der Waals surface area contributed by atoms with Crippen molar-refractivity contribution in [2.24, 2.45) is 0 Å². The van der Waals surface area contributed by atoms with Crippen molar-refractivity contribution >= 4 is 11.9 Å². The highest BCUT2D eigenvalue weighted by Crippen LogP contribution is 2.29. The summed E-state index contributed by atoms with van der Waals surface area (Å²) in [6.07, 6.45) is -4.24. The molecule has 1 aromatic heterocycles. The summed E-state index contributed by atoms with van der Waals surface area (Å²) in [6, 6.07) is 1.74. The van der Waals surface area contributed by atoms with E-state index in [1.807, 2.05) is 0 Å². The Hall–Kier alpha value is -2.16. The van der Waals surface area contributed by atoms with Gasteiger partial charge in [0.2, 0.25) is 0 Å². The number of halogens is 3. The van der Waals surface area contributed by atoms with E-state index in [1.54, 1.807) is 0 Å². The Morgan fingerprint density at radius 2 is 1.82 bits per heavy atom. The molecule has 1 saturated heterocycles. The molecule has 1 aliphatic rings. The molecule has 2 N–H and O–H groups in total. The molecule has 1 aliphatic heterocycles. The van der Waals surface area contributed by atoms with Crippen LogP contribution in [0.3, 0.4) is 0 Å². The highest BCUT2D eigenvalue weighted by atomic mass is 19.4. The largest absolute Gasteiger partial charge is 0.479 e. The lowest BCUT2D eigenvalue weighted by atomic mass is 9.91. The number of pyridine rings is 1. The topological polar surface area (TPSA) is 90.7 Å². The van der Waals surface area contributed by atoms with Crippen LogP contribution in [0.2, 0.25) is 0 Å². The van der Waals surface area contributed by atoms with E-state index in [4.69, 9.17) is 5.11 Å². The molecule has 22 heavy (non-hydrogen) atoms. The number of carbonyl (C=O) groups is 2. The second-order valence-electron chi connectivity index (χ2n) is 5.06. The quantitative estimate of drug-likeness (QED) is 0.854. The van der Waals surface area contributed by atoms with Crippen LogP contribution in [0.1, 0.15) is 28.9 Å². The number of hydrogen-bond donors (Lipinski definition) is 2. The van der Waals surface area contributed by atoms with Crippen molar-refractivity contribution in [1.82, 2.24) is 9.88 Å². The molecule has 0 bridgehead atoms. The maximum atomic E-state index is 12.4. The Bertz CT molecular complexity index is 578. The fourth-order valence-corrected chi connectivity index (χ4v) is 2.14. The Labute approximate surface area is 123 Å². The maximum absolute atomic E-state index is 12.4. The first-order valence-electron chi connectivity index (χ1n) is 6.42. The van der Waals surface area contributed by atoms with Gasteiger partial charge < -0.3 is 15.1 Å². The third-order valence-electron chi connectivity index (χ3n) is 3.59. The van der Waals surface area contributed by atoms with Crippen molar-refractivity contribution in [3.8, 4) is 0 Å². The lowest BCUT2D eigenvalue weighted by Gasteiger charge is -2.35. The molecule has 6 nitrogen and oxygen atoms in total. The zero-order valence-corrected chi connectivity index (χ0v) is 11.3. The van der Waals surface area contributed by atoms with Gasteiger partial charge in [0.15, 0.2) is 5.60 Å². The number of aromatic nitrogens is 1. The predicted octanol–water partition coefficient (Wildman–Crippen LogP) is 1.15. The average Bonchev–Trinajstić information content (AvgIpc) is 2.46. The van der Waals surface area contributed by atoms with Gasteiger partial charge in [0.05, 0.1) is 5.56 Å². The molecular formula is C13H13F3N2O4. The zero-order chi connectivity index (χ0) is 16.5. The average molecular weight is 318 g/mol. The summed E-state index contributed by atoms with van der Waals surface area (Å²) < 4.78 is 37.3. The van der Waals surface area contributed by atoms with Gasteiger partial charge in [-0.3, -0.25) is 9.78 Å². The number of aliphatic carboxylic acids is 1. The second kappa shape index (κ2) is 5.56. The fraction of sp³-hybridized carbons (Fsp3) is 0.462. The van der Waals surface area contributed by atoms with Crippen molar-refractivity contribution in [2.75, 3.05) is 13.1 Å². The smallest absolute Gasteiger partial charge is 0.417 e. The normalized spacial score (nSPS) is 18.1. The first-order valence-corrected chi connectivity index (χ1v) is 6.42. The Kier molecular flexibility index (Phi) is 4.10. The lowest BCUT2D eigenvalue weighted by Crippen LogP contribution is -2.50. The SMILES string of the molecule is O=C(c1ccc(C(F)(F)F)cn1)N1CCC(O)(C(=O)O)CC1. The Morgan fingerprint density at radius 3 is 2.23 bits per heavy atom. The number of amides is 1. The van der Waals surface area contributed by atoms with Crippen LogP contribution in [-0.2, 0) is 11.0 Å². The first kappa shape index (κ1) is 16.2. The van der Waals surface area contributed by atoms with E-state index >= 15 is 0 Å². The summed E-state index contributed by atoms with van der Waals surface area (Å²) in [7, 11) is 0. The number of nitrogens with zero attached hydrogens (tertiary/aromatic N) is 2. The number of carbonyl (C=O) groups excluding carboxylic acids is 1. The molecule has 1 aromatic rings. The van der Waals surface area contributed by atoms with Gasteiger partial charge in [0, 0.05) is 32.1 Å². The summed E-state index contributed by atoms with van der Waals surface area (Å²) in [6.45, 7) is -0.0192. The van der Waals surface area contributed by atoms with Crippen molar-refractivity contribution in [2.45, 2.75) is 24.6 Å². The molecule has 1 amide bonds. The second-order valence-corrected chi connectivity index (χ2v) is 5.06.